The van der Waals surface area contributed by atoms with Crippen molar-refractivity contribution in [2.75, 3.05) is 0 Å². The van der Waals surface area contributed by atoms with Crippen LogP contribution in [0, 0.1) is 6.92 Å². The highest BCUT2D eigenvalue weighted by Crippen LogP contribution is 2.27. The Bertz CT molecular complexity index is 650. The largest absolute Gasteiger partial charge is 0.306 e. The topological polar surface area (TPSA) is 45.8 Å². The Morgan fingerprint density at radius 1 is 1.28 bits per heavy atom. The molecule has 0 atom stereocenters. The van der Waals surface area contributed by atoms with Gasteiger partial charge < -0.3 is 4.98 Å². The number of benzene rings is 1. The van der Waals surface area contributed by atoms with E-state index in [1.807, 2.05) is 32.0 Å². The first-order valence-electron chi connectivity index (χ1n) is 5.58. The second kappa shape index (κ2) is 5.36. The molecule has 1 heterocycles. The molecule has 0 radical (unpaired) electrons. The van der Waals surface area contributed by atoms with Crippen LogP contribution in [0.4, 0.5) is 0 Å². The fraction of sp³-hybridized carbons (Fsp3) is 0.231. The number of nitrogens with zero attached hydrogens (tertiary/aromatic N) is 1. The van der Waals surface area contributed by atoms with Crippen molar-refractivity contribution in [1.82, 2.24) is 9.97 Å². The van der Waals surface area contributed by atoms with Crippen LogP contribution in [-0.4, -0.2) is 9.97 Å². The van der Waals surface area contributed by atoms with Crippen LogP contribution >= 0.6 is 31.9 Å². The van der Waals surface area contributed by atoms with Gasteiger partial charge in [0, 0.05) is 25.8 Å². The molecule has 0 aliphatic heterocycles. The van der Waals surface area contributed by atoms with E-state index in [1.54, 1.807) is 0 Å². The van der Waals surface area contributed by atoms with E-state index in [-0.39, 0.29) is 5.56 Å². The first-order valence-corrected chi connectivity index (χ1v) is 7.16. The van der Waals surface area contributed by atoms with Crippen molar-refractivity contribution < 1.29 is 0 Å². The van der Waals surface area contributed by atoms with Crippen LogP contribution in [0.25, 0.3) is 11.4 Å². The zero-order chi connectivity index (χ0) is 13.3. The van der Waals surface area contributed by atoms with Gasteiger partial charge in [-0.3, -0.25) is 4.79 Å². The molecule has 3 nitrogen and oxygen atoms in total. The highest BCUT2D eigenvalue weighted by Gasteiger charge is 2.08. The second-order valence-electron chi connectivity index (χ2n) is 3.96. The third-order valence-electron chi connectivity index (χ3n) is 2.77. The van der Waals surface area contributed by atoms with Gasteiger partial charge in [-0.05, 0) is 57.3 Å². The van der Waals surface area contributed by atoms with Crippen molar-refractivity contribution in [3.8, 4) is 11.4 Å². The third-order valence-corrected chi connectivity index (χ3v) is 4.65. The van der Waals surface area contributed by atoms with Gasteiger partial charge in [0.2, 0.25) is 0 Å². The molecule has 5 heteroatoms. The first kappa shape index (κ1) is 13.5. The van der Waals surface area contributed by atoms with Crippen LogP contribution in [0.1, 0.15) is 18.2 Å². The Kier molecular flexibility index (Phi) is 4.02. The zero-order valence-corrected chi connectivity index (χ0v) is 13.2. The average Bonchev–Trinajstić information content (AvgIpc) is 2.32. The summed E-state index contributed by atoms with van der Waals surface area (Å²) in [7, 11) is 0. The second-order valence-corrected chi connectivity index (χ2v) is 5.67. The predicted octanol–water partition coefficient (Wildman–Crippen LogP) is 3.83. The molecule has 0 saturated heterocycles. The van der Waals surface area contributed by atoms with Crippen LogP contribution in [0.15, 0.2) is 31.9 Å². The maximum atomic E-state index is 11.9. The van der Waals surface area contributed by atoms with Gasteiger partial charge in [0.25, 0.3) is 5.56 Å². The molecule has 94 valence electrons. The number of aryl methyl sites for hydroxylation is 1. The Balaban J connectivity index is 2.58. The quantitative estimate of drug-likeness (QED) is 0.871. The van der Waals surface area contributed by atoms with Gasteiger partial charge in [-0.25, -0.2) is 4.98 Å². The molecule has 0 spiro atoms. The molecule has 2 rings (SSSR count). The Hall–Kier alpha value is -0.940. The highest BCUT2D eigenvalue weighted by atomic mass is 79.9. The lowest BCUT2D eigenvalue weighted by Crippen LogP contribution is -2.16. The summed E-state index contributed by atoms with van der Waals surface area (Å²) in [5.41, 5.74) is 2.36. The number of hydrogen-bond acceptors (Lipinski definition) is 2. The summed E-state index contributed by atoms with van der Waals surface area (Å²) in [5.74, 6) is 0.600. The number of nitrogens with one attached hydrogen (secondary N) is 1. The molecule has 0 amide bonds. The molecule has 0 fully saturated rings. The smallest absolute Gasteiger partial charge is 0.254 e. The Morgan fingerprint density at radius 3 is 2.56 bits per heavy atom. The zero-order valence-electron chi connectivity index (χ0n) is 10.1. The van der Waals surface area contributed by atoms with Crippen LogP contribution in [0.2, 0.25) is 0 Å². The van der Waals surface area contributed by atoms with E-state index in [0.29, 0.717) is 12.2 Å². The van der Waals surface area contributed by atoms with E-state index in [9.17, 15) is 4.79 Å². The molecular weight excluding hydrogens is 360 g/mol. The standard InChI is InChI=1S/C13H12Br2N2O/c1-3-9-7(2)16-12(17-13(9)18)8-4-5-10(14)11(15)6-8/h4-6H,3H2,1-2H3,(H,16,17,18). The van der Waals surface area contributed by atoms with Gasteiger partial charge in [-0.2, -0.15) is 0 Å². The van der Waals surface area contributed by atoms with E-state index >= 15 is 0 Å². The van der Waals surface area contributed by atoms with Crippen LogP contribution < -0.4 is 5.56 Å². The van der Waals surface area contributed by atoms with E-state index in [1.165, 1.54) is 0 Å². The summed E-state index contributed by atoms with van der Waals surface area (Å²) in [6.07, 6.45) is 0.693. The minimum Gasteiger partial charge on any atom is -0.306 e. The summed E-state index contributed by atoms with van der Waals surface area (Å²) in [5, 5.41) is 0. The van der Waals surface area contributed by atoms with E-state index in [4.69, 9.17) is 0 Å². The van der Waals surface area contributed by atoms with Gasteiger partial charge in [-0.15, -0.1) is 0 Å². The molecule has 1 aromatic carbocycles. The minimum absolute atomic E-state index is 0.0564. The van der Waals surface area contributed by atoms with Gasteiger partial charge in [0.1, 0.15) is 5.82 Å². The normalized spacial score (nSPS) is 10.7. The lowest BCUT2D eigenvalue weighted by atomic mass is 10.1. The Morgan fingerprint density at radius 2 is 2.00 bits per heavy atom. The van der Waals surface area contributed by atoms with E-state index < -0.39 is 0 Å². The van der Waals surface area contributed by atoms with Gasteiger partial charge >= 0.3 is 0 Å². The molecule has 18 heavy (non-hydrogen) atoms. The number of hydrogen-bond donors (Lipinski definition) is 1. The maximum Gasteiger partial charge on any atom is 0.254 e. The van der Waals surface area contributed by atoms with Crippen molar-refractivity contribution in [2.24, 2.45) is 0 Å². The summed E-state index contributed by atoms with van der Waals surface area (Å²) in [6.45, 7) is 3.82. The molecule has 1 N–H and O–H groups in total. The van der Waals surface area contributed by atoms with Crippen molar-refractivity contribution in [3.63, 3.8) is 0 Å². The number of aromatic amines is 1. The molecular formula is C13H12Br2N2O. The number of halogens is 2. The fourth-order valence-corrected chi connectivity index (χ4v) is 2.43. The van der Waals surface area contributed by atoms with Crippen LogP contribution in [-0.2, 0) is 6.42 Å². The average molecular weight is 372 g/mol. The monoisotopic (exact) mass is 370 g/mol. The lowest BCUT2D eigenvalue weighted by molar-refractivity contribution is 0.967. The number of rotatable bonds is 2. The van der Waals surface area contributed by atoms with Crippen molar-refractivity contribution >= 4 is 31.9 Å². The summed E-state index contributed by atoms with van der Waals surface area (Å²) >= 11 is 6.86. The first-order chi connectivity index (χ1) is 8.52. The lowest BCUT2D eigenvalue weighted by Gasteiger charge is -2.06. The predicted molar refractivity (Wildman–Crippen MR) is 79.8 cm³/mol. The summed E-state index contributed by atoms with van der Waals surface area (Å²) in [6, 6.07) is 5.76. The van der Waals surface area contributed by atoms with Gasteiger partial charge in [0.15, 0.2) is 0 Å². The molecule has 0 saturated carbocycles. The third kappa shape index (κ3) is 2.57. The number of aromatic nitrogens is 2. The fourth-order valence-electron chi connectivity index (χ4n) is 1.81. The molecule has 0 bridgehead atoms. The summed E-state index contributed by atoms with van der Waals surface area (Å²) < 4.78 is 1.90. The van der Waals surface area contributed by atoms with Crippen molar-refractivity contribution in [3.05, 3.63) is 48.8 Å². The maximum absolute atomic E-state index is 11.9. The molecule has 0 aliphatic rings. The summed E-state index contributed by atoms with van der Waals surface area (Å²) in [4.78, 5) is 19.2. The molecule has 0 aliphatic carbocycles. The van der Waals surface area contributed by atoms with Gasteiger partial charge in [0.05, 0.1) is 0 Å². The van der Waals surface area contributed by atoms with Gasteiger partial charge in [-0.1, -0.05) is 13.0 Å². The molecule has 0 unspecified atom stereocenters. The highest BCUT2D eigenvalue weighted by molar-refractivity contribution is 9.13. The number of H-pyrrole nitrogens is 1. The van der Waals surface area contributed by atoms with Crippen LogP contribution in [0.5, 0.6) is 0 Å². The van der Waals surface area contributed by atoms with E-state index in [2.05, 4.69) is 41.8 Å². The van der Waals surface area contributed by atoms with Crippen LogP contribution in [0.3, 0.4) is 0 Å². The Labute approximate surface area is 122 Å². The van der Waals surface area contributed by atoms with E-state index in [0.717, 1.165) is 25.8 Å². The molecule has 1 aromatic heterocycles. The minimum atomic E-state index is -0.0564. The molecule has 2 aromatic rings. The van der Waals surface area contributed by atoms with Crippen molar-refractivity contribution in [2.45, 2.75) is 20.3 Å². The SMILES string of the molecule is CCc1c(C)nc(-c2ccc(Br)c(Br)c2)[nH]c1=O. The van der Waals surface area contributed by atoms with Crippen molar-refractivity contribution in [1.29, 1.82) is 0 Å².